The number of alkyl halides is 2. The third-order valence-electron chi connectivity index (χ3n) is 3.90. The number of carbonyl (C=O) groups excluding carboxylic acids is 1. The number of para-hydroxylation sites is 1. The van der Waals surface area contributed by atoms with Crippen LogP contribution in [0, 0.1) is 5.82 Å². The maximum atomic E-state index is 13.5. The molecule has 1 amide bonds. The van der Waals surface area contributed by atoms with Crippen LogP contribution < -0.4 is 16.0 Å². The quantitative estimate of drug-likeness (QED) is 0.752. The van der Waals surface area contributed by atoms with Crippen LogP contribution in [-0.2, 0) is 4.79 Å². The third kappa shape index (κ3) is 5.21. The molecule has 0 saturated carbocycles. The normalized spacial score (nSPS) is 24.4. The second-order valence-corrected chi connectivity index (χ2v) is 6.46. The summed E-state index contributed by atoms with van der Waals surface area (Å²) in [6.45, 7) is 3.52. The average molecular weight is 329 g/mol. The van der Waals surface area contributed by atoms with E-state index in [1.807, 2.05) is 0 Å². The van der Waals surface area contributed by atoms with Crippen molar-refractivity contribution in [3.8, 4) is 0 Å². The number of rotatable bonds is 6. The molecule has 0 spiro atoms. The zero-order valence-electron chi connectivity index (χ0n) is 13.3. The van der Waals surface area contributed by atoms with Gasteiger partial charge in [0.2, 0.25) is 5.91 Å². The van der Waals surface area contributed by atoms with Crippen molar-refractivity contribution in [3.63, 3.8) is 0 Å². The van der Waals surface area contributed by atoms with Crippen molar-refractivity contribution < 1.29 is 18.0 Å². The maximum absolute atomic E-state index is 13.5. The summed E-state index contributed by atoms with van der Waals surface area (Å²) >= 11 is 0. The standard InChI is InChI=1S/C16H22F3N3O/c1-11(20-9-15(2)8-16(18,19)10-21-15)7-14(23)22-13-6-4-3-5-12(13)17/h3-6,11,20-21H,7-10H2,1-2H3,(H,22,23). The summed E-state index contributed by atoms with van der Waals surface area (Å²) in [5, 5.41) is 8.40. The number of hydrogen-bond donors (Lipinski definition) is 3. The Morgan fingerprint density at radius 3 is 2.70 bits per heavy atom. The van der Waals surface area contributed by atoms with Crippen LogP contribution in [0.5, 0.6) is 0 Å². The molecule has 0 bridgehead atoms. The molecule has 1 heterocycles. The number of carbonyl (C=O) groups is 1. The van der Waals surface area contributed by atoms with E-state index in [1.54, 1.807) is 26.0 Å². The van der Waals surface area contributed by atoms with E-state index in [2.05, 4.69) is 16.0 Å². The van der Waals surface area contributed by atoms with Gasteiger partial charge in [-0.05, 0) is 26.0 Å². The molecule has 0 aromatic heterocycles. The Kier molecular flexibility index (Phi) is 5.31. The smallest absolute Gasteiger partial charge is 0.262 e. The van der Waals surface area contributed by atoms with Gasteiger partial charge in [0, 0.05) is 31.0 Å². The summed E-state index contributed by atoms with van der Waals surface area (Å²) < 4.78 is 40.0. The molecule has 2 atom stereocenters. The molecule has 1 fully saturated rings. The van der Waals surface area contributed by atoms with Crippen molar-refractivity contribution in [2.24, 2.45) is 0 Å². The van der Waals surface area contributed by atoms with Crippen LogP contribution in [0.2, 0.25) is 0 Å². The van der Waals surface area contributed by atoms with Gasteiger partial charge in [0.05, 0.1) is 12.2 Å². The molecule has 4 nitrogen and oxygen atoms in total. The van der Waals surface area contributed by atoms with Crippen LogP contribution in [0.25, 0.3) is 0 Å². The predicted molar refractivity (Wildman–Crippen MR) is 83.1 cm³/mol. The second-order valence-electron chi connectivity index (χ2n) is 6.46. The number of benzene rings is 1. The SMILES string of the molecule is CC(CC(=O)Nc1ccccc1F)NCC1(C)CC(F)(F)CN1. The molecule has 23 heavy (non-hydrogen) atoms. The first-order valence-corrected chi connectivity index (χ1v) is 7.60. The molecular formula is C16H22F3N3O. The van der Waals surface area contributed by atoms with Crippen LogP contribution in [0.3, 0.4) is 0 Å². The van der Waals surface area contributed by atoms with E-state index in [1.165, 1.54) is 12.1 Å². The largest absolute Gasteiger partial charge is 0.324 e. The minimum atomic E-state index is -2.69. The summed E-state index contributed by atoms with van der Waals surface area (Å²) in [5.74, 6) is -3.52. The van der Waals surface area contributed by atoms with E-state index >= 15 is 0 Å². The highest BCUT2D eigenvalue weighted by Gasteiger charge is 2.46. The fraction of sp³-hybridized carbons (Fsp3) is 0.562. The topological polar surface area (TPSA) is 53.2 Å². The molecule has 0 radical (unpaired) electrons. The molecule has 7 heteroatoms. The van der Waals surface area contributed by atoms with Gasteiger partial charge in [0.25, 0.3) is 5.92 Å². The molecule has 1 aliphatic heterocycles. The van der Waals surface area contributed by atoms with E-state index in [0.29, 0.717) is 6.54 Å². The zero-order valence-corrected chi connectivity index (χ0v) is 13.3. The molecule has 2 unspecified atom stereocenters. The highest BCUT2D eigenvalue weighted by molar-refractivity contribution is 5.91. The Hall–Kier alpha value is -1.60. The Morgan fingerprint density at radius 1 is 1.39 bits per heavy atom. The minimum Gasteiger partial charge on any atom is -0.324 e. The molecule has 1 aliphatic rings. The van der Waals surface area contributed by atoms with Gasteiger partial charge >= 0.3 is 0 Å². The lowest BCUT2D eigenvalue weighted by Gasteiger charge is -2.26. The van der Waals surface area contributed by atoms with Gasteiger partial charge in [-0.2, -0.15) is 0 Å². The van der Waals surface area contributed by atoms with Crippen molar-refractivity contribution >= 4 is 11.6 Å². The van der Waals surface area contributed by atoms with Gasteiger partial charge in [0.15, 0.2) is 0 Å². The fourth-order valence-corrected chi connectivity index (χ4v) is 2.68. The van der Waals surface area contributed by atoms with E-state index in [4.69, 9.17) is 0 Å². The molecule has 0 aliphatic carbocycles. The van der Waals surface area contributed by atoms with Crippen molar-refractivity contribution in [2.75, 3.05) is 18.4 Å². The van der Waals surface area contributed by atoms with Gasteiger partial charge in [-0.25, -0.2) is 13.2 Å². The van der Waals surface area contributed by atoms with Crippen molar-refractivity contribution in [1.29, 1.82) is 0 Å². The summed E-state index contributed by atoms with van der Waals surface area (Å²) in [6.07, 6.45) is -0.109. The van der Waals surface area contributed by atoms with Gasteiger partial charge < -0.3 is 16.0 Å². The highest BCUT2D eigenvalue weighted by Crippen LogP contribution is 2.31. The Bertz CT molecular complexity index is 567. The summed E-state index contributed by atoms with van der Waals surface area (Å²) in [7, 11) is 0. The first-order valence-electron chi connectivity index (χ1n) is 7.60. The van der Waals surface area contributed by atoms with E-state index < -0.39 is 17.3 Å². The highest BCUT2D eigenvalue weighted by atomic mass is 19.3. The fourth-order valence-electron chi connectivity index (χ4n) is 2.68. The summed E-state index contributed by atoms with van der Waals surface area (Å²) in [5.41, 5.74) is -0.562. The number of hydrogen-bond acceptors (Lipinski definition) is 3. The number of halogens is 3. The zero-order chi connectivity index (χ0) is 17.1. The first kappa shape index (κ1) is 17.7. The van der Waals surface area contributed by atoms with Gasteiger partial charge in [0.1, 0.15) is 5.82 Å². The van der Waals surface area contributed by atoms with Crippen LogP contribution in [0.4, 0.5) is 18.9 Å². The molecule has 1 aromatic rings. The van der Waals surface area contributed by atoms with Gasteiger partial charge in [-0.3, -0.25) is 4.79 Å². The van der Waals surface area contributed by atoms with Crippen molar-refractivity contribution in [3.05, 3.63) is 30.1 Å². The van der Waals surface area contributed by atoms with Crippen LogP contribution in [0.15, 0.2) is 24.3 Å². The van der Waals surface area contributed by atoms with Gasteiger partial charge in [-0.15, -0.1) is 0 Å². The molecule has 1 saturated heterocycles. The van der Waals surface area contributed by atoms with E-state index in [0.717, 1.165) is 0 Å². The third-order valence-corrected chi connectivity index (χ3v) is 3.90. The lowest BCUT2D eigenvalue weighted by Crippen LogP contribution is -2.48. The number of nitrogens with one attached hydrogen (secondary N) is 3. The van der Waals surface area contributed by atoms with Gasteiger partial charge in [-0.1, -0.05) is 12.1 Å². The minimum absolute atomic E-state index is 0.126. The number of amides is 1. The molecule has 128 valence electrons. The first-order chi connectivity index (χ1) is 10.7. The van der Waals surface area contributed by atoms with E-state index in [-0.39, 0.29) is 37.0 Å². The van der Waals surface area contributed by atoms with Crippen LogP contribution in [0.1, 0.15) is 26.7 Å². The van der Waals surface area contributed by atoms with Crippen LogP contribution >= 0.6 is 0 Å². The lowest BCUT2D eigenvalue weighted by atomic mass is 9.98. The summed E-state index contributed by atoms with van der Waals surface area (Å²) in [4.78, 5) is 11.9. The van der Waals surface area contributed by atoms with Crippen molar-refractivity contribution in [2.45, 2.75) is 44.2 Å². The van der Waals surface area contributed by atoms with Crippen molar-refractivity contribution in [1.82, 2.24) is 10.6 Å². The Morgan fingerprint density at radius 2 is 2.09 bits per heavy atom. The Labute approximate surface area is 133 Å². The molecular weight excluding hydrogens is 307 g/mol. The number of anilines is 1. The second kappa shape index (κ2) is 6.88. The average Bonchev–Trinajstić information content (AvgIpc) is 2.74. The van der Waals surface area contributed by atoms with E-state index in [9.17, 15) is 18.0 Å². The monoisotopic (exact) mass is 329 g/mol. The molecule has 3 N–H and O–H groups in total. The predicted octanol–water partition coefficient (Wildman–Crippen LogP) is 2.52. The molecule has 1 aromatic carbocycles. The summed E-state index contributed by atoms with van der Waals surface area (Å²) in [6, 6.07) is 5.71. The van der Waals surface area contributed by atoms with Crippen LogP contribution in [-0.4, -0.2) is 36.5 Å². The lowest BCUT2D eigenvalue weighted by molar-refractivity contribution is -0.116. The molecule has 2 rings (SSSR count). The maximum Gasteiger partial charge on any atom is 0.262 e. The Balaban J connectivity index is 1.77.